The Morgan fingerprint density at radius 1 is 1.50 bits per heavy atom. The topological polar surface area (TPSA) is 87.7 Å². The molecule has 5 nitrogen and oxygen atoms in total. The van der Waals surface area contributed by atoms with E-state index in [0.29, 0.717) is 12.3 Å². The molecule has 0 aliphatic heterocycles. The van der Waals surface area contributed by atoms with E-state index in [0.717, 1.165) is 17.7 Å². The number of nitrogens with two attached hydrogens (primary N) is 1. The van der Waals surface area contributed by atoms with Gasteiger partial charge in [0, 0.05) is 18.0 Å². The van der Waals surface area contributed by atoms with Crippen LogP contribution in [0.25, 0.3) is 0 Å². The molecule has 96 valence electrons. The summed E-state index contributed by atoms with van der Waals surface area (Å²) in [6.07, 6.45) is 1.37. The lowest BCUT2D eigenvalue weighted by Crippen LogP contribution is -2.15. The van der Waals surface area contributed by atoms with E-state index >= 15 is 0 Å². The molecular weight excluding hydrogens is 230 g/mol. The minimum Gasteiger partial charge on any atom is -0.409 e. The first-order valence-corrected chi connectivity index (χ1v) is 5.96. The molecule has 0 aromatic heterocycles. The highest BCUT2D eigenvalue weighted by Crippen LogP contribution is 2.38. The van der Waals surface area contributed by atoms with Gasteiger partial charge < -0.3 is 16.3 Å². The van der Waals surface area contributed by atoms with Gasteiger partial charge in [-0.05, 0) is 30.0 Å². The Bertz CT molecular complexity index is 468. The van der Waals surface area contributed by atoms with Gasteiger partial charge in [0.25, 0.3) is 0 Å². The fourth-order valence-electron chi connectivity index (χ4n) is 1.87. The molecule has 1 saturated carbocycles. The summed E-state index contributed by atoms with van der Waals surface area (Å²) in [7, 11) is 0. The summed E-state index contributed by atoms with van der Waals surface area (Å²) >= 11 is 0. The van der Waals surface area contributed by atoms with Crippen molar-refractivity contribution in [3.8, 4) is 0 Å². The lowest BCUT2D eigenvalue weighted by atomic mass is 10.1. The summed E-state index contributed by atoms with van der Waals surface area (Å²) in [5.74, 6) is 0.928. The maximum absolute atomic E-state index is 11.7. The largest absolute Gasteiger partial charge is 0.409 e. The Morgan fingerprint density at radius 2 is 2.11 bits per heavy atom. The molecule has 1 fully saturated rings. The second-order valence-electron chi connectivity index (χ2n) is 4.77. The molecule has 1 aromatic carbocycles. The minimum atomic E-state index is 0.0895. The molecule has 4 N–H and O–H groups in total. The first-order valence-electron chi connectivity index (χ1n) is 5.96. The van der Waals surface area contributed by atoms with Gasteiger partial charge in [-0.3, -0.25) is 4.79 Å². The van der Waals surface area contributed by atoms with Crippen LogP contribution in [0.5, 0.6) is 0 Å². The van der Waals surface area contributed by atoms with E-state index in [4.69, 9.17) is 10.9 Å². The van der Waals surface area contributed by atoms with Gasteiger partial charge in [-0.15, -0.1) is 0 Å². The lowest BCUT2D eigenvalue weighted by Gasteiger charge is -2.05. The van der Waals surface area contributed by atoms with Crippen molar-refractivity contribution >= 4 is 17.4 Å². The number of amidine groups is 1. The fraction of sp³-hybridized carbons (Fsp3) is 0.385. The van der Waals surface area contributed by atoms with Crippen molar-refractivity contribution in [1.82, 2.24) is 0 Å². The van der Waals surface area contributed by atoms with Crippen LogP contribution in [0.4, 0.5) is 5.69 Å². The predicted octanol–water partition coefficient (Wildman–Crippen LogP) is 1.57. The number of rotatable bonds is 4. The third-order valence-corrected chi connectivity index (χ3v) is 3.18. The zero-order chi connectivity index (χ0) is 13.1. The maximum Gasteiger partial charge on any atom is 0.227 e. The lowest BCUT2D eigenvalue weighted by molar-refractivity contribution is -0.117. The fourth-order valence-corrected chi connectivity index (χ4v) is 1.87. The van der Waals surface area contributed by atoms with Crippen LogP contribution in [-0.2, 0) is 11.2 Å². The van der Waals surface area contributed by atoms with Crippen LogP contribution in [-0.4, -0.2) is 17.0 Å². The van der Waals surface area contributed by atoms with E-state index in [1.54, 1.807) is 0 Å². The molecule has 1 amide bonds. The van der Waals surface area contributed by atoms with Gasteiger partial charge in [-0.25, -0.2) is 0 Å². The Hall–Kier alpha value is -2.04. The van der Waals surface area contributed by atoms with Crippen LogP contribution >= 0.6 is 0 Å². The van der Waals surface area contributed by atoms with E-state index < -0.39 is 0 Å². The predicted molar refractivity (Wildman–Crippen MR) is 69.5 cm³/mol. The third-order valence-electron chi connectivity index (χ3n) is 3.18. The van der Waals surface area contributed by atoms with Crippen molar-refractivity contribution in [1.29, 1.82) is 0 Å². The minimum absolute atomic E-state index is 0.0895. The van der Waals surface area contributed by atoms with Crippen molar-refractivity contribution in [3.63, 3.8) is 0 Å². The summed E-state index contributed by atoms with van der Waals surface area (Å²) in [5, 5.41) is 14.3. The van der Waals surface area contributed by atoms with Gasteiger partial charge >= 0.3 is 0 Å². The van der Waals surface area contributed by atoms with Crippen LogP contribution < -0.4 is 11.1 Å². The zero-order valence-corrected chi connectivity index (χ0v) is 10.3. The summed E-state index contributed by atoms with van der Waals surface area (Å²) in [5.41, 5.74) is 7.13. The van der Waals surface area contributed by atoms with Gasteiger partial charge in [0.15, 0.2) is 0 Å². The number of amides is 1. The number of carbonyl (C=O) groups excluding carboxylic acids is 1. The number of carbonyl (C=O) groups is 1. The number of hydrogen-bond acceptors (Lipinski definition) is 3. The standard InChI is InChI=1S/C13H17N3O2/c1-8-6-11(8)13(17)15-10-4-2-9(3-5-10)7-12(14)16-18/h2-5,8,11,18H,6-7H2,1H3,(H2,14,16)(H,15,17). The number of oxime groups is 1. The van der Waals surface area contributed by atoms with Crippen molar-refractivity contribution in [2.24, 2.45) is 22.7 Å². The molecule has 2 unspecified atom stereocenters. The Labute approximate surface area is 106 Å². The smallest absolute Gasteiger partial charge is 0.227 e. The number of hydrogen-bond donors (Lipinski definition) is 3. The van der Waals surface area contributed by atoms with Crippen molar-refractivity contribution in [2.45, 2.75) is 19.8 Å². The van der Waals surface area contributed by atoms with Crippen molar-refractivity contribution < 1.29 is 10.0 Å². The Morgan fingerprint density at radius 3 is 2.61 bits per heavy atom. The van der Waals surface area contributed by atoms with Crippen molar-refractivity contribution in [2.75, 3.05) is 5.32 Å². The first kappa shape index (κ1) is 12.4. The van der Waals surface area contributed by atoms with E-state index in [1.165, 1.54) is 0 Å². The average Bonchev–Trinajstić information content (AvgIpc) is 3.09. The molecular formula is C13H17N3O2. The summed E-state index contributed by atoms with van der Waals surface area (Å²) in [4.78, 5) is 11.7. The van der Waals surface area contributed by atoms with Crippen LogP contribution in [0.1, 0.15) is 18.9 Å². The number of benzene rings is 1. The van der Waals surface area contributed by atoms with Gasteiger partial charge in [-0.2, -0.15) is 0 Å². The number of nitrogens with one attached hydrogen (secondary N) is 1. The van der Waals surface area contributed by atoms with Crippen LogP contribution in [0.15, 0.2) is 29.4 Å². The average molecular weight is 247 g/mol. The molecule has 2 rings (SSSR count). The molecule has 1 aliphatic rings. The van der Waals surface area contributed by atoms with E-state index in [-0.39, 0.29) is 17.7 Å². The van der Waals surface area contributed by atoms with Gasteiger partial charge in [0.05, 0.1) is 0 Å². The molecule has 5 heteroatoms. The summed E-state index contributed by atoms with van der Waals surface area (Å²) in [6.45, 7) is 2.07. The third kappa shape index (κ3) is 3.00. The van der Waals surface area contributed by atoms with E-state index in [1.807, 2.05) is 24.3 Å². The molecule has 0 radical (unpaired) electrons. The number of nitrogens with zero attached hydrogens (tertiary/aromatic N) is 1. The molecule has 18 heavy (non-hydrogen) atoms. The highest BCUT2D eigenvalue weighted by molar-refractivity contribution is 5.94. The highest BCUT2D eigenvalue weighted by atomic mass is 16.4. The van der Waals surface area contributed by atoms with Gasteiger partial charge in [0.2, 0.25) is 5.91 Å². The number of anilines is 1. The molecule has 0 heterocycles. The van der Waals surface area contributed by atoms with Gasteiger partial charge in [0.1, 0.15) is 5.84 Å². The first-order chi connectivity index (χ1) is 8.60. The molecule has 0 bridgehead atoms. The second-order valence-corrected chi connectivity index (χ2v) is 4.77. The molecule has 1 aliphatic carbocycles. The second kappa shape index (κ2) is 5.08. The maximum atomic E-state index is 11.7. The van der Waals surface area contributed by atoms with Crippen LogP contribution in [0.2, 0.25) is 0 Å². The quantitative estimate of drug-likeness (QED) is 0.326. The van der Waals surface area contributed by atoms with E-state index in [9.17, 15) is 4.79 Å². The molecule has 1 aromatic rings. The normalized spacial score (nSPS) is 22.6. The van der Waals surface area contributed by atoms with Crippen molar-refractivity contribution in [3.05, 3.63) is 29.8 Å². The molecule has 0 saturated heterocycles. The summed E-state index contributed by atoms with van der Waals surface area (Å²) < 4.78 is 0. The van der Waals surface area contributed by atoms with E-state index in [2.05, 4.69) is 17.4 Å². The van der Waals surface area contributed by atoms with Crippen LogP contribution in [0.3, 0.4) is 0 Å². The molecule has 0 spiro atoms. The Kier molecular flexibility index (Phi) is 3.50. The summed E-state index contributed by atoms with van der Waals surface area (Å²) in [6, 6.07) is 7.35. The SMILES string of the molecule is CC1CC1C(=O)Nc1ccc(CC(N)=NO)cc1. The van der Waals surface area contributed by atoms with Gasteiger partial charge in [-0.1, -0.05) is 24.2 Å². The zero-order valence-electron chi connectivity index (χ0n) is 10.3. The monoisotopic (exact) mass is 247 g/mol. The highest BCUT2D eigenvalue weighted by Gasteiger charge is 2.38. The molecule has 2 atom stereocenters. The van der Waals surface area contributed by atoms with Crippen LogP contribution in [0, 0.1) is 11.8 Å². The Balaban J connectivity index is 1.93.